The van der Waals surface area contributed by atoms with E-state index in [1.54, 1.807) is 18.2 Å². The second-order valence-electron chi connectivity index (χ2n) is 8.54. The monoisotopic (exact) mass is 688 g/mol. The van der Waals surface area contributed by atoms with Crippen molar-refractivity contribution in [2.45, 2.75) is 25.4 Å². The molecule has 0 N–H and O–H groups in total. The summed E-state index contributed by atoms with van der Waals surface area (Å²) in [7, 11) is 0. The molecule has 190 valence electrons. The van der Waals surface area contributed by atoms with Crippen molar-refractivity contribution in [2.75, 3.05) is 0 Å². The Morgan fingerprint density at radius 2 is 1.62 bits per heavy atom. The summed E-state index contributed by atoms with van der Waals surface area (Å²) in [5.74, 6) is -1.90. The summed E-state index contributed by atoms with van der Waals surface area (Å²) < 4.78 is 67.8. The normalized spacial score (nSPS) is 12.0. The Morgan fingerprint density at radius 1 is 0.865 bits per heavy atom. The quantitative estimate of drug-likeness (QED) is 0.130. The fourth-order valence-corrected chi connectivity index (χ4v) is 3.91. The van der Waals surface area contributed by atoms with Gasteiger partial charge in [0.05, 0.1) is 11.5 Å². The smallest absolute Gasteiger partial charge is 0.343 e. The van der Waals surface area contributed by atoms with Gasteiger partial charge in [0.15, 0.2) is 0 Å². The van der Waals surface area contributed by atoms with E-state index in [4.69, 9.17) is 4.98 Å². The van der Waals surface area contributed by atoms with Gasteiger partial charge in [-0.2, -0.15) is 13.2 Å². The number of hydrogen-bond acceptors (Lipinski definition) is 4. The van der Waals surface area contributed by atoms with Crippen LogP contribution in [0.4, 0.5) is 22.0 Å². The van der Waals surface area contributed by atoms with Gasteiger partial charge in [0.2, 0.25) is 0 Å². The molecule has 5 nitrogen and oxygen atoms in total. The van der Waals surface area contributed by atoms with Crippen LogP contribution in [-0.4, -0.2) is 24.7 Å². The molecule has 0 radical (unpaired) electrons. The van der Waals surface area contributed by atoms with Crippen molar-refractivity contribution in [1.82, 2.24) is 24.7 Å². The van der Waals surface area contributed by atoms with Gasteiger partial charge in [0, 0.05) is 22.2 Å². The van der Waals surface area contributed by atoms with Crippen LogP contribution in [0.1, 0.15) is 30.9 Å². The predicted octanol–water partition coefficient (Wildman–Crippen LogP) is 6.10. The second-order valence-corrected chi connectivity index (χ2v) is 8.54. The van der Waals surface area contributed by atoms with Crippen LogP contribution in [0.15, 0.2) is 60.7 Å². The summed E-state index contributed by atoms with van der Waals surface area (Å²) in [6, 6.07) is 18.1. The molecule has 0 saturated carbocycles. The van der Waals surface area contributed by atoms with E-state index in [0.29, 0.717) is 11.4 Å². The number of rotatable bonds is 4. The largest absolute Gasteiger partial charge is 2.00 e. The zero-order chi connectivity index (χ0) is 25.7. The van der Waals surface area contributed by atoms with Crippen LogP contribution in [0, 0.1) is 24.2 Å². The molecule has 0 fully saturated rings. The van der Waals surface area contributed by atoms with E-state index in [1.807, 2.05) is 38.1 Å². The average Bonchev–Trinajstić information content (AvgIpc) is 3.35. The Morgan fingerprint density at radius 3 is 2.32 bits per heavy atom. The molecule has 5 rings (SSSR count). The molecule has 1 aromatic carbocycles. The Bertz CT molecular complexity index is 1600. The van der Waals surface area contributed by atoms with Crippen LogP contribution < -0.4 is 0 Å². The van der Waals surface area contributed by atoms with Crippen LogP contribution in [0.5, 0.6) is 0 Å². The Hall–Kier alpha value is -3.52. The number of aromatic nitrogens is 5. The summed E-state index contributed by atoms with van der Waals surface area (Å²) in [4.78, 5) is 12.5. The molecule has 0 unspecified atom stereocenters. The van der Waals surface area contributed by atoms with Gasteiger partial charge in [-0.3, -0.25) is 20.1 Å². The minimum atomic E-state index is -4.61. The Labute approximate surface area is 222 Å². The minimum Gasteiger partial charge on any atom is -0.343 e. The van der Waals surface area contributed by atoms with Crippen molar-refractivity contribution in [1.29, 1.82) is 0 Å². The summed E-state index contributed by atoms with van der Waals surface area (Å²) in [5, 5.41) is 5.05. The van der Waals surface area contributed by atoms with E-state index < -0.39 is 29.2 Å². The first-order chi connectivity index (χ1) is 17.0. The van der Waals surface area contributed by atoms with Crippen LogP contribution in [0.2, 0.25) is 0 Å². The maximum atomic E-state index is 14.5. The van der Waals surface area contributed by atoms with E-state index in [9.17, 15) is 22.0 Å². The van der Waals surface area contributed by atoms with Crippen molar-refractivity contribution in [3.8, 4) is 17.1 Å². The van der Waals surface area contributed by atoms with Crippen molar-refractivity contribution in [2.24, 2.45) is 0 Å². The first-order valence-corrected chi connectivity index (χ1v) is 10.7. The van der Waals surface area contributed by atoms with Gasteiger partial charge in [-0.05, 0) is 31.0 Å². The standard InChI is InChI=1S/C26H16F5N5.Pt/c1-25(2,19-8-5-9-22(33-19)36-13-12-20(35-36)26(29,30)31)23-16-7-4-3-6-15(16)14-18(32-23)17-10-11-21(27)34-24(17)28;/h3-9,11-12,14H,1-2H3;/q-2;+2. The predicted molar refractivity (Wildman–Crippen MR) is 121 cm³/mol. The maximum Gasteiger partial charge on any atom is 2.00 e. The van der Waals surface area contributed by atoms with Crippen LogP contribution in [0.25, 0.3) is 27.8 Å². The molecule has 0 aliphatic heterocycles. The topological polar surface area (TPSA) is 56.5 Å². The molecule has 4 aromatic heterocycles. The molecule has 11 heteroatoms. The summed E-state index contributed by atoms with van der Waals surface area (Å²) in [5.41, 5.74) is -0.859. The van der Waals surface area contributed by atoms with Crippen LogP contribution >= 0.6 is 0 Å². The number of fused-ring (bicyclic) bond motifs is 1. The van der Waals surface area contributed by atoms with Gasteiger partial charge in [0.25, 0.3) is 0 Å². The van der Waals surface area contributed by atoms with Gasteiger partial charge in [-0.25, -0.2) is 8.78 Å². The van der Waals surface area contributed by atoms with E-state index in [2.05, 4.69) is 27.3 Å². The van der Waals surface area contributed by atoms with Crippen molar-refractivity contribution >= 4 is 10.8 Å². The molecule has 37 heavy (non-hydrogen) atoms. The van der Waals surface area contributed by atoms with E-state index in [1.165, 1.54) is 6.07 Å². The zero-order valence-corrected chi connectivity index (χ0v) is 21.5. The summed E-state index contributed by atoms with van der Waals surface area (Å²) in [6.45, 7) is 3.68. The third-order valence-corrected chi connectivity index (χ3v) is 5.75. The molecule has 4 heterocycles. The van der Waals surface area contributed by atoms with Gasteiger partial charge in [-0.15, -0.1) is 12.1 Å². The van der Waals surface area contributed by atoms with E-state index >= 15 is 0 Å². The van der Waals surface area contributed by atoms with Crippen LogP contribution in [0.3, 0.4) is 0 Å². The molecule has 0 atom stereocenters. The van der Waals surface area contributed by atoms with E-state index in [-0.39, 0.29) is 38.1 Å². The van der Waals surface area contributed by atoms with Crippen molar-refractivity contribution in [3.05, 3.63) is 102 Å². The third kappa shape index (κ3) is 5.03. The molecule has 0 bridgehead atoms. The molecular weight excluding hydrogens is 672 g/mol. The first-order valence-electron chi connectivity index (χ1n) is 10.7. The average molecular weight is 689 g/mol. The number of alkyl halides is 3. The van der Waals surface area contributed by atoms with Gasteiger partial charge >= 0.3 is 27.2 Å². The molecule has 0 amide bonds. The SMILES string of the molecule is CC(C)(c1cccc(-n2[c-]cc(C(F)(F)F)n2)n1)c1nc(-c2[c-]cc(F)nc2F)cc2ccccc12.[Pt+2]. The van der Waals surface area contributed by atoms with Crippen molar-refractivity contribution in [3.63, 3.8) is 0 Å². The van der Waals surface area contributed by atoms with E-state index in [0.717, 1.165) is 27.6 Å². The number of benzene rings is 1. The molecule has 5 aromatic rings. The number of hydrogen-bond donors (Lipinski definition) is 0. The van der Waals surface area contributed by atoms with Crippen molar-refractivity contribution < 1.29 is 43.0 Å². The second kappa shape index (κ2) is 9.74. The maximum absolute atomic E-state index is 14.5. The number of halogens is 5. The zero-order valence-electron chi connectivity index (χ0n) is 19.2. The van der Waals surface area contributed by atoms with Gasteiger partial charge in [0.1, 0.15) is 11.9 Å². The Kier molecular flexibility index (Phi) is 6.99. The molecule has 0 saturated heterocycles. The van der Waals surface area contributed by atoms with Crippen LogP contribution in [-0.2, 0) is 32.7 Å². The fraction of sp³-hybridized carbons (Fsp3) is 0.154. The number of nitrogens with zero attached hydrogens (tertiary/aromatic N) is 5. The number of pyridine rings is 3. The summed E-state index contributed by atoms with van der Waals surface area (Å²) in [6.07, 6.45) is -2.17. The first kappa shape index (κ1) is 26.5. The molecule has 0 aliphatic carbocycles. The molecule has 0 aliphatic rings. The minimum absolute atomic E-state index is 0. The molecule has 0 spiro atoms. The molecular formula is C26H16F5N5Pt. The Balaban J connectivity index is 0.00000320. The van der Waals surface area contributed by atoms with Gasteiger partial charge < -0.3 is 4.68 Å². The third-order valence-electron chi connectivity index (χ3n) is 5.75. The van der Waals surface area contributed by atoms with Gasteiger partial charge in [-0.1, -0.05) is 60.3 Å². The summed E-state index contributed by atoms with van der Waals surface area (Å²) >= 11 is 0. The fourth-order valence-electron chi connectivity index (χ4n) is 3.91.